The summed E-state index contributed by atoms with van der Waals surface area (Å²) in [7, 11) is 3.42. The molecule has 2 aliphatic rings. The van der Waals surface area contributed by atoms with Crippen molar-refractivity contribution in [2.75, 3.05) is 27.2 Å². The second kappa shape index (κ2) is 21.4. The standard InChI is InChI=1S/C46H64N2O5/c1-32(19-15-21-34(3)23-25-39-36(5)27-38(28-45(39,7)8)52-42(49)30-47-11)17-13-14-18-33(2)20-16-22-35(4)24-26-40-37(6)44(51)41(29-46(40,9)10)53-43(50)31-48-12/h13-26,38,41,47-48H,27-31H2,1-12H3/b14-13+,19-15+,20-16+,25-23+,26-24+,32-17+,33-18+,34-21+,35-22+. The number of Topliss-reactive ketones (excluding diaryl/α,β-unsaturated/α-hetero) is 1. The Morgan fingerprint density at radius 2 is 1.09 bits per heavy atom. The number of ether oxygens (including phenoxy) is 2. The summed E-state index contributed by atoms with van der Waals surface area (Å²) in [6, 6.07) is 0. The number of ketones is 1. The highest BCUT2D eigenvalue weighted by Gasteiger charge is 2.40. The number of esters is 2. The van der Waals surface area contributed by atoms with Crippen molar-refractivity contribution in [3.05, 3.63) is 130 Å². The van der Waals surface area contributed by atoms with E-state index in [-0.39, 0.29) is 41.8 Å². The Kier molecular flexibility index (Phi) is 18.1. The predicted octanol–water partition coefficient (Wildman–Crippen LogP) is 9.27. The second-order valence-corrected chi connectivity index (χ2v) is 15.5. The molecule has 7 heteroatoms. The van der Waals surface area contributed by atoms with Crippen LogP contribution in [0.25, 0.3) is 0 Å². The summed E-state index contributed by atoms with van der Waals surface area (Å²) in [5.74, 6) is -0.750. The number of nitrogens with one attached hydrogen (secondary N) is 2. The minimum Gasteiger partial charge on any atom is -0.461 e. The molecule has 0 saturated heterocycles. The Balaban J connectivity index is 1.95. The monoisotopic (exact) mass is 724 g/mol. The molecule has 0 bridgehead atoms. The maximum absolute atomic E-state index is 13.0. The summed E-state index contributed by atoms with van der Waals surface area (Å²) < 4.78 is 11.1. The largest absolute Gasteiger partial charge is 0.461 e. The molecule has 0 heterocycles. The Morgan fingerprint density at radius 1 is 0.660 bits per heavy atom. The lowest BCUT2D eigenvalue weighted by Crippen LogP contribution is -2.40. The molecule has 0 fully saturated rings. The summed E-state index contributed by atoms with van der Waals surface area (Å²) >= 11 is 0. The van der Waals surface area contributed by atoms with Gasteiger partial charge in [0.2, 0.25) is 0 Å². The van der Waals surface area contributed by atoms with Crippen LogP contribution in [0.15, 0.2) is 130 Å². The molecule has 2 atom stereocenters. The molecule has 2 aliphatic carbocycles. The van der Waals surface area contributed by atoms with Crippen molar-refractivity contribution in [3.8, 4) is 0 Å². The smallest absolute Gasteiger partial charge is 0.320 e. The molecule has 53 heavy (non-hydrogen) atoms. The quantitative estimate of drug-likeness (QED) is 0.121. The zero-order valence-electron chi connectivity index (χ0n) is 34.3. The second-order valence-electron chi connectivity index (χ2n) is 15.5. The number of likely N-dealkylation sites (N-methyl/N-ethyl adjacent to an activating group) is 2. The summed E-state index contributed by atoms with van der Waals surface area (Å²) in [5.41, 5.74) is 8.28. The van der Waals surface area contributed by atoms with Gasteiger partial charge in [-0.3, -0.25) is 14.4 Å². The van der Waals surface area contributed by atoms with Crippen molar-refractivity contribution >= 4 is 17.7 Å². The Bertz CT molecular complexity index is 1680. The molecule has 0 saturated carbocycles. The van der Waals surface area contributed by atoms with E-state index in [9.17, 15) is 14.4 Å². The first-order valence-corrected chi connectivity index (χ1v) is 18.6. The molecule has 0 radical (unpaired) electrons. The van der Waals surface area contributed by atoms with Crippen LogP contribution in [0.3, 0.4) is 0 Å². The Labute approximate surface area is 319 Å². The maximum Gasteiger partial charge on any atom is 0.320 e. The minimum atomic E-state index is -0.746. The lowest BCUT2D eigenvalue weighted by atomic mass is 9.71. The van der Waals surface area contributed by atoms with Gasteiger partial charge in [-0.1, -0.05) is 141 Å². The first kappa shape index (κ1) is 44.8. The van der Waals surface area contributed by atoms with Crippen LogP contribution in [0.4, 0.5) is 0 Å². The van der Waals surface area contributed by atoms with Gasteiger partial charge in [-0.25, -0.2) is 0 Å². The molecule has 288 valence electrons. The van der Waals surface area contributed by atoms with E-state index in [0.717, 1.165) is 40.7 Å². The van der Waals surface area contributed by atoms with E-state index in [0.29, 0.717) is 12.0 Å². The van der Waals surface area contributed by atoms with Crippen LogP contribution in [-0.4, -0.2) is 57.1 Å². The van der Waals surface area contributed by atoms with E-state index in [4.69, 9.17) is 9.47 Å². The van der Waals surface area contributed by atoms with Crippen molar-refractivity contribution in [2.24, 2.45) is 10.8 Å². The Hall–Kier alpha value is -4.33. The van der Waals surface area contributed by atoms with Crippen LogP contribution >= 0.6 is 0 Å². The van der Waals surface area contributed by atoms with Crippen molar-refractivity contribution in [1.82, 2.24) is 10.6 Å². The van der Waals surface area contributed by atoms with E-state index in [1.54, 1.807) is 14.1 Å². The van der Waals surface area contributed by atoms with Gasteiger partial charge in [0.15, 0.2) is 11.9 Å². The van der Waals surface area contributed by atoms with Crippen molar-refractivity contribution in [1.29, 1.82) is 0 Å². The van der Waals surface area contributed by atoms with E-state index in [1.807, 2.05) is 50.3 Å². The molecule has 2 unspecified atom stereocenters. The van der Waals surface area contributed by atoms with Gasteiger partial charge in [0.25, 0.3) is 0 Å². The fraction of sp³-hybridized carbons (Fsp3) is 0.457. The number of hydrogen-bond acceptors (Lipinski definition) is 7. The molecule has 0 aromatic rings. The maximum atomic E-state index is 13.0. The third-order valence-electron chi connectivity index (χ3n) is 9.46. The van der Waals surface area contributed by atoms with Gasteiger partial charge in [-0.15, -0.1) is 0 Å². The number of hydrogen-bond donors (Lipinski definition) is 2. The van der Waals surface area contributed by atoms with Gasteiger partial charge < -0.3 is 20.1 Å². The number of carbonyl (C=O) groups is 3. The fourth-order valence-electron chi connectivity index (χ4n) is 6.71. The van der Waals surface area contributed by atoms with Gasteiger partial charge >= 0.3 is 11.9 Å². The zero-order chi connectivity index (χ0) is 39.8. The highest BCUT2D eigenvalue weighted by atomic mass is 16.5. The first-order valence-electron chi connectivity index (χ1n) is 18.6. The van der Waals surface area contributed by atoms with Crippen LogP contribution in [0.5, 0.6) is 0 Å². The summed E-state index contributed by atoms with van der Waals surface area (Å²) in [6.45, 7) is 21.1. The van der Waals surface area contributed by atoms with E-state index in [2.05, 4.69) is 115 Å². The van der Waals surface area contributed by atoms with Crippen molar-refractivity contribution in [2.45, 2.75) is 101 Å². The topological polar surface area (TPSA) is 93.7 Å². The summed E-state index contributed by atoms with van der Waals surface area (Å²) in [4.78, 5) is 36.9. The molecular weight excluding hydrogens is 661 g/mol. The minimum absolute atomic E-state index is 0.0765. The number of allylic oxidation sites excluding steroid dienone is 20. The third kappa shape index (κ3) is 15.3. The van der Waals surface area contributed by atoms with Gasteiger partial charge in [-0.2, -0.15) is 0 Å². The molecule has 0 aromatic carbocycles. The lowest BCUT2D eigenvalue weighted by molar-refractivity contribution is -0.155. The normalized spacial score (nSPS) is 22.1. The molecule has 2 N–H and O–H groups in total. The molecule has 0 spiro atoms. The summed E-state index contributed by atoms with van der Waals surface area (Å²) in [6.07, 6.45) is 30.2. The van der Waals surface area contributed by atoms with Crippen molar-refractivity contribution < 1.29 is 23.9 Å². The van der Waals surface area contributed by atoms with Crippen molar-refractivity contribution in [3.63, 3.8) is 0 Å². The molecular formula is C46H64N2O5. The zero-order valence-corrected chi connectivity index (χ0v) is 34.3. The molecule has 0 aromatic heterocycles. The average Bonchev–Trinajstić information content (AvgIpc) is 3.04. The van der Waals surface area contributed by atoms with Crippen LogP contribution < -0.4 is 10.6 Å². The highest BCUT2D eigenvalue weighted by Crippen LogP contribution is 2.42. The fourth-order valence-corrected chi connectivity index (χ4v) is 6.71. The molecule has 2 rings (SSSR count). The average molecular weight is 725 g/mol. The lowest BCUT2D eigenvalue weighted by Gasteiger charge is -2.37. The van der Waals surface area contributed by atoms with E-state index >= 15 is 0 Å². The van der Waals surface area contributed by atoms with Gasteiger partial charge in [0.1, 0.15) is 6.10 Å². The third-order valence-corrected chi connectivity index (χ3v) is 9.46. The molecule has 7 nitrogen and oxygen atoms in total. The highest BCUT2D eigenvalue weighted by molar-refractivity contribution is 6.01. The van der Waals surface area contributed by atoms with Crippen LogP contribution in [0, 0.1) is 10.8 Å². The molecule has 0 amide bonds. The van der Waals surface area contributed by atoms with E-state index < -0.39 is 12.1 Å². The van der Waals surface area contributed by atoms with Crippen LogP contribution in [-0.2, 0) is 23.9 Å². The number of rotatable bonds is 16. The van der Waals surface area contributed by atoms with Gasteiger partial charge in [0.05, 0.1) is 13.1 Å². The predicted molar refractivity (Wildman–Crippen MR) is 220 cm³/mol. The van der Waals surface area contributed by atoms with Crippen LogP contribution in [0.1, 0.15) is 88.5 Å². The van der Waals surface area contributed by atoms with Gasteiger partial charge in [0, 0.05) is 12.8 Å². The first-order chi connectivity index (χ1) is 24.9. The van der Waals surface area contributed by atoms with Crippen LogP contribution in [0.2, 0.25) is 0 Å². The van der Waals surface area contributed by atoms with Gasteiger partial charge in [-0.05, 0) is 89.6 Å². The van der Waals surface area contributed by atoms with E-state index in [1.165, 1.54) is 11.1 Å². The SMILES string of the molecule is CNCC(=O)OC1CC(C)=C(/C=C/C(C)=C/C=C/C(C)=C/C=C/C=C(C)/C=C/C=C(C)/C=C/C2=C(C)C(=O)C(OC(=O)CNC)CC2(C)C)C(C)(C)C1. The Morgan fingerprint density at radius 3 is 1.58 bits per heavy atom. The summed E-state index contributed by atoms with van der Waals surface area (Å²) in [5, 5.41) is 5.63. The molecule has 0 aliphatic heterocycles. The number of carbonyl (C=O) groups excluding carboxylic acids is 3.